The number of nitrogens with zero attached hydrogens (tertiary/aromatic N) is 1. The molecule has 1 aromatic heterocycles. The number of alkyl halides is 4. The third kappa shape index (κ3) is 4.27. The van der Waals surface area contributed by atoms with Crippen LogP contribution in [0.3, 0.4) is 0 Å². The van der Waals surface area contributed by atoms with Gasteiger partial charge in [0.2, 0.25) is 5.88 Å². The Morgan fingerprint density at radius 1 is 1.50 bits per heavy atom. The summed E-state index contributed by atoms with van der Waals surface area (Å²) >= 11 is 1.65. The number of hydrogen-bond donors (Lipinski definition) is 1. The Hall–Kier alpha value is -1.13. The van der Waals surface area contributed by atoms with E-state index in [0.29, 0.717) is 0 Å². The number of pyridine rings is 1. The first-order valence-electron chi connectivity index (χ1n) is 4.44. The van der Waals surface area contributed by atoms with E-state index in [1.165, 1.54) is 0 Å². The second-order valence-electron chi connectivity index (χ2n) is 3.13. The molecule has 1 N–H and O–H groups in total. The normalized spacial score (nSPS) is 11.4. The monoisotopic (exact) mass is 379 g/mol. The Morgan fingerprint density at radius 3 is 2.56 bits per heavy atom. The molecule has 0 saturated carbocycles. The first kappa shape index (κ1) is 14.9. The van der Waals surface area contributed by atoms with Gasteiger partial charge >= 0.3 is 12.3 Å². The quantitative estimate of drug-likeness (QED) is 0.646. The molecular weight excluding hydrogens is 373 g/mol. The molecule has 18 heavy (non-hydrogen) atoms. The van der Waals surface area contributed by atoms with Crippen LogP contribution in [0.5, 0.6) is 5.88 Å². The Labute approximate surface area is 112 Å². The minimum Gasteiger partial charge on any atom is -0.481 e. The van der Waals surface area contributed by atoms with Crippen molar-refractivity contribution in [3.8, 4) is 5.88 Å². The third-order valence-corrected chi connectivity index (χ3v) is 2.70. The molecule has 9 heteroatoms. The van der Waals surface area contributed by atoms with E-state index >= 15 is 0 Å². The van der Waals surface area contributed by atoms with E-state index in [9.17, 15) is 22.4 Å². The van der Waals surface area contributed by atoms with Crippen LogP contribution < -0.4 is 4.74 Å². The molecule has 0 bridgehead atoms. The van der Waals surface area contributed by atoms with E-state index < -0.39 is 31.3 Å². The average molecular weight is 379 g/mol. The molecule has 0 atom stereocenters. The lowest BCUT2D eigenvalue weighted by Gasteiger charge is -2.13. The summed E-state index contributed by atoms with van der Waals surface area (Å²) in [6.07, 6.45) is -5.71. The minimum absolute atomic E-state index is 0.232. The molecule has 0 saturated heterocycles. The van der Waals surface area contributed by atoms with Crippen LogP contribution in [-0.2, 0) is 17.9 Å². The molecule has 1 heterocycles. The summed E-state index contributed by atoms with van der Waals surface area (Å²) in [5.74, 6) is -2.27. The molecule has 0 unspecified atom stereocenters. The molecule has 0 aliphatic carbocycles. The molecular formula is C9H6F4INO3. The van der Waals surface area contributed by atoms with E-state index in [0.717, 1.165) is 6.07 Å². The molecule has 1 aromatic rings. The van der Waals surface area contributed by atoms with Crippen molar-refractivity contribution in [1.29, 1.82) is 0 Å². The van der Waals surface area contributed by atoms with Crippen molar-refractivity contribution in [2.45, 2.75) is 19.5 Å². The Balaban J connectivity index is 3.21. The number of halogens is 5. The van der Waals surface area contributed by atoms with E-state index in [2.05, 4.69) is 9.72 Å². The number of carboxylic acid groups (broad SMARTS) is 1. The van der Waals surface area contributed by atoms with Gasteiger partial charge < -0.3 is 9.84 Å². The number of rotatable bonds is 4. The fourth-order valence-electron chi connectivity index (χ4n) is 1.13. The number of carbonyl (C=O) groups is 1. The van der Waals surface area contributed by atoms with Gasteiger partial charge in [-0.2, -0.15) is 0 Å². The number of hydrogen-bond acceptors (Lipinski definition) is 3. The highest BCUT2D eigenvalue weighted by atomic mass is 127. The topological polar surface area (TPSA) is 59.4 Å². The maximum atomic E-state index is 12.5. The van der Waals surface area contributed by atoms with Gasteiger partial charge in [0.1, 0.15) is 6.67 Å². The summed E-state index contributed by atoms with van der Waals surface area (Å²) in [6.45, 7) is -1.07. The minimum atomic E-state index is -5.01. The highest BCUT2D eigenvalue weighted by Crippen LogP contribution is 2.28. The van der Waals surface area contributed by atoms with Gasteiger partial charge in [-0.05, 0) is 28.7 Å². The fraction of sp³-hybridized carbons (Fsp3) is 0.333. The van der Waals surface area contributed by atoms with Crippen molar-refractivity contribution in [3.63, 3.8) is 0 Å². The predicted molar refractivity (Wildman–Crippen MR) is 59.8 cm³/mol. The summed E-state index contributed by atoms with van der Waals surface area (Å²) in [5, 5.41) is 8.57. The lowest BCUT2D eigenvalue weighted by Crippen LogP contribution is -2.20. The van der Waals surface area contributed by atoms with Crippen LogP contribution >= 0.6 is 22.6 Å². The SMILES string of the molecule is O=C(O)Cc1cc(I)c(CF)nc1OC(F)(F)F. The predicted octanol–water partition coefficient (Wildman–Crippen LogP) is 2.68. The van der Waals surface area contributed by atoms with Gasteiger partial charge in [0.05, 0.1) is 12.1 Å². The molecule has 0 aliphatic heterocycles. The van der Waals surface area contributed by atoms with Crippen LogP contribution in [0.2, 0.25) is 0 Å². The number of aliphatic carboxylic acids is 1. The second kappa shape index (κ2) is 5.67. The Kier molecular flexibility index (Phi) is 4.71. The van der Waals surface area contributed by atoms with Crippen LogP contribution in [0.1, 0.15) is 11.3 Å². The standard InChI is InChI=1S/C9H6F4INO3/c10-3-6-5(14)1-4(2-7(16)17)8(15-6)18-9(11,12)13/h1H,2-3H2,(H,16,17). The lowest BCUT2D eigenvalue weighted by atomic mass is 10.2. The maximum Gasteiger partial charge on any atom is 0.574 e. The summed E-state index contributed by atoms with van der Waals surface area (Å²) in [6, 6.07) is 1.11. The van der Waals surface area contributed by atoms with Gasteiger partial charge in [0.25, 0.3) is 0 Å². The summed E-state index contributed by atoms with van der Waals surface area (Å²) in [7, 11) is 0. The van der Waals surface area contributed by atoms with Crippen LogP contribution in [0.4, 0.5) is 17.6 Å². The van der Waals surface area contributed by atoms with Gasteiger partial charge in [-0.25, -0.2) is 9.37 Å². The van der Waals surface area contributed by atoms with E-state index in [1.807, 2.05) is 0 Å². The molecule has 0 aliphatic rings. The molecule has 0 radical (unpaired) electrons. The molecule has 4 nitrogen and oxygen atoms in total. The number of ether oxygens (including phenoxy) is 1. The molecule has 0 amide bonds. The van der Waals surface area contributed by atoms with Crippen LogP contribution in [0.15, 0.2) is 6.07 Å². The Morgan fingerprint density at radius 2 is 2.11 bits per heavy atom. The largest absolute Gasteiger partial charge is 0.574 e. The van der Waals surface area contributed by atoms with Crippen LogP contribution in [0, 0.1) is 3.57 Å². The second-order valence-corrected chi connectivity index (χ2v) is 4.30. The molecule has 0 fully saturated rings. The van der Waals surface area contributed by atoms with Crippen molar-refractivity contribution in [3.05, 3.63) is 20.9 Å². The van der Waals surface area contributed by atoms with Crippen molar-refractivity contribution in [2.75, 3.05) is 0 Å². The van der Waals surface area contributed by atoms with Crippen LogP contribution in [0.25, 0.3) is 0 Å². The number of carboxylic acids is 1. The van der Waals surface area contributed by atoms with Crippen molar-refractivity contribution >= 4 is 28.6 Å². The van der Waals surface area contributed by atoms with Crippen molar-refractivity contribution in [1.82, 2.24) is 4.98 Å². The summed E-state index contributed by atoms with van der Waals surface area (Å²) in [4.78, 5) is 13.9. The van der Waals surface area contributed by atoms with Gasteiger partial charge in [-0.15, -0.1) is 13.2 Å². The smallest absolute Gasteiger partial charge is 0.481 e. The van der Waals surface area contributed by atoms with E-state index in [4.69, 9.17) is 5.11 Å². The fourth-order valence-corrected chi connectivity index (χ4v) is 1.77. The van der Waals surface area contributed by atoms with Gasteiger partial charge in [-0.3, -0.25) is 4.79 Å². The lowest BCUT2D eigenvalue weighted by molar-refractivity contribution is -0.276. The molecule has 0 spiro atoms. The first-order chi connectivity index (χ1) is 8.23. The van der Waals surface area contributed by atoms with Crippen molar-refractivity contribution in [2.24, 2.45) is 0 Å². The zero-order valence-electron chi connectivity index (χ0n) is 8.59. The van der Waals surface area contributed by atoms with Gasteiger partial charge in [-0.1, -0.05) is 0 Å². The molecule has 0 aromatic carbocycles. The van der Waals surface area contributed by atoms with Gasteiger partial charge in [0, 0.05) is 9.13 Å². The van der Waals surface area contributed by atoms with E-state index in [-0.39, 0.29) is 14.8 Å². The Bertz CT molecular complexity index is 464. The summed E-state index contributed by atoms with van der Waals surface area (Å²) < 4.78 is 52.6. The van der Waals surface area contributed by atoms with Crippen LogP contribution in [-0.4, -0.2) is 22.4 Å². The number of aromatic nitrogens is 1. The highest BCUT2D eigenvalue weighted by molar-refractivity contribution is 14.1. The van der Waals surface area contributed by atoms with Gasteiger partial charge in [0.15, 0.2) is 0 Å². The zero-order chi connectivity index (χ0) is 13.9. The third-order valence-electron chi connectivity index (χ3n) is 1.77. The average Bonchev–Trinajstić information content (AvgIpc) is 2.19. The zero-order valence-corrected chi connectivity index (χ0v) is 10.7. The molecule has 100 valence electrons. The first-order valence-corrected chi connectivity index (χ1v) is 5.52. The molecule has 1 rings (SSSR count). The van der Waals surface area contributed by atoms with E-state index in [1.54, 1.807) is 22.6 Å². The van der Waals surface area contributed by atoms with Crippen molar-refractivity contribution < 1.29 is 32.2 Å². The highest BCUT2D eigenvalue weighted by Gasteiger charge is 2.33. The summed E-state index contributed by atoms with van der Waals surface area (Å²) in [5.41, 5.74) is -0.495. The maximum absolute atomic E-state index is 12.5.